The van der Waals surface area contributed by atoms with Crippen LogP contribution in [0.3, 0.4) is 0 Å². The Morgan fingerprint density at radius 3 is 2.83 bits per heavy atom. The van der Waals surface area contributed by atoms with Crippen LogP contribution >= 0.6 is 0 Å². The van der Waals surface area contributed by atoms with E-state index in [-0.39, 0.29) is 0 Å². The van der Waals surface area contributed by atoms with E-state index in [1.807, 2.05) is 42.6 Å². The Kier molecular flexibility index (Phi) is 4.67. The van der Waals surface area contributed by atoms with Gasteiger partial charge in [0.25, 0.3) is 5.95 Å². The molecule has 0 atom stereocenters. The molecule has 7 nitrogen and oxygen atoms in total. The highest BCUT2D eigenvalue weighted by Gasteiger charge is 2.19. The predicted molar refractivity (Wildman–Crippen MR) is 114 cm³/mol. The summed E-state index contributed by atoms with van der Waals surface area (Å²) in [6.45, 7) is 2.86. The first-order chi connectivity index (χ1) is 14.3. The Morgan fingerprint density at radius 2 is 1.97 bits per heavy atom. The van der Waals surface area contributed by atoms with Gasteiger partial charge in [-0.15, -0.1) is 0 Å². The van der Waals surface area contributed by atoms with Crippen molar-refractivity contribution in [1.82, 2.24) is 25.1 Å². The van der Waals surface area contributed by atoms with E-state index in [4.69, 9.17) is 15.7 Å². The summed E-state index contributed by atoms with van der Waals surface area (Å²) < 4.78 is 1.80. The molecular formula is C22H23N7. The molecule has 3 heterocycles. The van der Waals surface area contributed by atoms with Gasteiger partial charge in [0.2, 0.25) is 0 Å². The topological polar surface area (TPSA) is 93.7 Å². The monoisotopic (exact) mass is 385 g/mol. The first-order valence-electron chi connectivity index (χ1n) is 9.88. The number of nitrogens with two attached hydrogens (primary N) is 1. The fourth-order valence-corrected chi connectivity index (χ4v) is 3.82. The fourth-order valence-electron chi connectivity index (χ4n) is 3.82. The van der Waals surface area contributed by atoms with E-state index in [2.05, 4.69) is 27.9 Å². The van der Waals surface area contributed by atoms with E-state index in [0.717, 1.165) is 47.5 Å². The number of benzene rings is 2. The number of hydrogen-bond donors (Lipinski definition) is 3. The van der Waals surface area contributed by atoms with Crippen molar-refractivity contribution in [1.29, 1.82) is 0 Å². The van der Waals surface area contributed by atoms with E-state index in [1.165, 1.54) is 11.1 Å². The minimum absolute atomic E-state index is 0.474. The third-order valence-electron chi connectivity index (χ3n) is 5.34. The lowest BCUT2D eigenvalue weighted by atomic mass is 10.1. The van der Waals surface area contributed by atoms with E-state index >= 15 is 0 Å². The molecule has 0 spiro atoms. The number of anilines is 1. The molecule has 5 rings (SSSR count). The zero-order valence-corrected chi connectivity index (χ0v) is 16.1. The lowest BCUT2D eigenvalue weighted by Gasteiger charge is -2.20. The van der Waals surface area contributed by atoms with Crippen molar-refractivity contribution in [3.63, 3.8) is 0 Å². The molecule has 2 aromatic carbocycles. The molecule has 0 saturated carbocycles. The van der Waals surface area contributed by atoms with Crippen LogP contribution in [-0.4, -0.2) is 26.3 Å². The lowest BCUT2D eigenvalue weighted by Crippen LogP contribution is -2.27. The van der Waals surface area contributed by atoms with Gasteiger partial charge in [0.15, 0.2) is 0 Å². The maximum Gasteiger partial charge on any atom is 0.253 e. The Morgan fingerprint density at radius 1 is 1.07 bits per heavy atom. The second-order valence-corrected chi connectivity index (χ2v) is 7.17. The highest BCUT2D eigenvalue weighted by molar-refractivity contribution is 5.83. The number of hydrogen-bond acceptors (Lipinski definition) is 6. The van der Waals surface area contributed by atoms with Crippen LogP contribution in [0.4, 0.5) is 5.82 Å². The van der Waals surface area contributed by atoms with Gasteiger partial charge < -0.3 is 16.4 Å². The van der Waals surface area contributed by atoms with Gasteiger partial charge in [0.05, 0.1) is 17.4 Å². The zero-order chi connectivity index (χ0) is 19.6. The van der Waals surface area contributed by atoms with Crippen LogP contribution < -0.4 is 16.4 Å². The van der Waals surface area contributed by atoms with E-state index in [1.54, 1.807) is 4.68 Å². The first kappa shape index (κ1) is 17.8. The van der Waals surface area contributed by atoms with Crippen molar-refractivity contribution in [2.24, 2.45) is 5.73 Å². The van der Waals surface area contributed by atoms with Crippen molar-refractivity contribution < 1.29 is 0 Å². The summed E-state index contributed by atoms with van der Waals surface area (Å²) in [4.78, 5) is 9.70. The van der Waals surface area contributed by atoms with Gasteiger partial charge in [-0.2, -0.15) is 14.8 Å². The summed E-state index contributed by atoms with van der Waals surface area (Å²) in [6.07, 6.45) is 2.75. The summed E-state index contributed by atoms with van der Waals surface area (Å²) in [5.41, 5.74) is 11.3. The molecule has 4 aromatic rings. The van der Waals surface area contributed by atoms with Crippen LogP contribution in [0, 0.1) is 0 Å². The van der Waals surface area contributed by atoms with Gasteiger partial charge in [-0.05, 0) is 30.2 Å². The van der Waals surface area contributed by atoms with Gasteiger partial charge in [0.1, 0.15) is 5.82 Å². The largest absolute Gasteiger partial charge is 0.366 e. The quantitative estimate of drug-likeness (QED) is 0.489. The predicted octanol–water partition coefficient (Wildman–Crippen LogP) is 2.53. The van der Waals surface area contributed by atoms with Crippen LogP contribution in [0.5, 0.6) is 0 Å². The molecule has 1 aliphatic heterocycles. The molecule has 146 valence electrons. The number of nitrogens with zero attached hydrogens (tertiary/aromatic N) is 4. The van der Waals surface area contributed by atoms with Crippen LogP contribution in [0.25, 0.3) is 16.9 Å². The second-order valence-electron chi connectivity index (χ2n) is 7.17. The van der Waals surface area contributed by atoms with Crippen LogP contribution in [0.15, 0.2) is 54.7 Å². The van der Waals surface area contributed by atoms with Crippen molar-refractivity contribution >= 4 is 16.7 Å². The minimum Gasteiger partial charge on any atom is -0.366 e. The molecule has 0 bridgehead atoms. The molecule has 0 aliphatic carbocycles. The molecule has 0 saturated heterocycles. The molecule has 0 radical (unpaired) electrons. The molecule has 0 amide bonds. The van der Waals surface area contributed by atoms with Crippen LogP contribution in [0.1, 0.15) is 22.4 Å². The van der Waals surface area contributed by atoms with E-state index in [9.17, 15) is 0 Å². The summed E-state index contributed by atoms with van der Waals surface area (Å²) in [6, 6.07) is 16.4. The van der Waals surface area contributed by atoms with E-state index in [0.29, 0.717) is 19.0 Å². The van der Waals surface area contributed by atoms with Gasteiger partial charge in [-0.1, -0.05) is 42.5 Å². The molecule has 4 N–H and O–H groups in total. The van der Waals surface area contributed by atoms with Crippen molar-refractivity contribution in [3.8, 4) is 5.95 Å². The number of fused-ring (bicyclic) bond motifs is 2. The Labute approximate surface area is 169 Å². The molecule has 1 aliphatic rings. The molecule has 29 heavy (non-hydrogen) atoms. The lowest BCUT2D eigenvalue weighted by molar-refractivity contribution is 0.618. The Hall–Kier alpha value is -3.29. The molecule has 0 unspecified atom stereocenters. The normalized spacial score (nSPS) is 13.4. The fraction of sp³-hybridized carbons (Fsp3) is 0.227. The van der Waals surface area contributed by atoms with Gasteiger partial charge in [0, 0.05) is 30.6 Å². The van der Waals surface area contributed by atoms with Crippen molar-refractivity contribution in [2.75, 3.05) is 11.9 Å². The third-order valence-corrected chi connectivity index (χ3v) is 5.34. The van der Waals surface area contributed by atoms with Crippen LogP contribution in [-0.2, 0) is 26.1 Å². The SMILES string of the molecule is NCc1cccc2c1cnn2-c1nc2c(c(NCc3ccccc3)n1)CCNC2. The van der Waals surface area contributed by atoms with Crippen LogP contribution in [0.2, 0.25) is 0 Å². The summed E-state index contributed by atoms with van der Waals surface area (Å²) in [7, 11) is 0. The Balaban J connectivity index is 1.57. The van der Waals surface area contributed by atoms with Gasteiger partial charge in [-0.3, -0.25) is 0 Å². The minimum atomic E-state index is 0.474. The molecule has 0 fully saturated rings. The molecular weight excluding hydrogens is 362 g/mol. The number of rotatable bonds is 5. The van der Waals surface area contributed by atoms with Gasteiger partial charge in [-0.25, -0.2) is 4.98 Å². The summed E-state index contributed by atoms with van der Waals surface area (Å²) >= 11 is 0. The first-order valence-corrected chi connectivity index (χ1v) is 9.88. The smallest absolute Gasteiger partial charge is 0.253 e. The maximum absolute atomic E-state index is 5.89. The van der Waals surface area contributed by atoms with Gasteiger partial charge >= 0.3 is 0 Å². The summed E-state index contributed by atoms with van der Waals surface area (Å²) in [5, 5.41) is 12.5. The zero-order valence-electron chi connectivity index (χ0n) is 16.1. The van der Waals surface area contributed by atoms with Crippen molar-refractivity contribution in [2.45, 2.75) is 26.1 Å². The highest BCUT2D eigenvalue weighted by atomic mass is 15.4. The third kappa shape index (κ3) is 3.35. The molecule has 2 aromatic heterocycles. The Bertz CT molecular complexity index is 1150. The van der Waals surface area contributed by atoms with Crippen molar-refractivity contribution in [3.05, 3.63) is 77.1 Å². The summed E-state index contributed by atoms with van der Waals surface area (Å²) in [5.74, 6) is 1.46. The standard InChI is InChI=1S/C22H23N7/c23-11-16-7-4-8-20-18(16)13-26-29(20)22-27-19-14-24-10-9-17(19)21(28-22)25-12-15-5-2-1-3-6-15/h1-8,13,24H,9-12,14,23H2,(H,25,27,28). The highest BCUT2D eigenvalue weighted by Crippen LogP contribution is 2.25. The van der Waals surface area contributed by atoms with E-state index < -0.39 is 0 Å². The maximum atomic E-state index is 5.89. The average molecular weight is 385 g/mol. The second kappa shape index (κ2) is 7.62. The number of nitrogens with one attached hydrogen (secondary N) is 2. The number of aromatic nitrogens is 4. The average Bonchev–Trinajstić information content (AvgIpc) is 3.22. The molecule has 7 heteroatoms.